The van der Waals surface area contributed by atoms with Gasteiger partial charge in [-0.25, -0.2) is 0 Å². The summed E-state index contributed by atoms with van der Waals surface area (Å²) in [6.07, 6.45) is 3.75. The van der Waals surface area contributed by atoms with Crippen LogP contribution in [0.5, 0.6) is 0 Å². The monoisotopic (exact) mass is 464 g/mol. The van der Waals surface area contributed by atoms with E-state index in [-0.39, 0.29) is 0 Å². The summed E-state index contributed by atoms with van der Waals surface area (Å²) < 4.78 is 4.43. The number of para-hydroxylation sites is 2. The van der Waals surface area contributed by atoms with Crippen molar-refractivity contribution >= 4 is 55.5 Å². The van der Waals surface area contributed by atoms with Gasteiger partial charge < -0.3 is 16.0 Å². The fourth-order valence-electron chi connectivity index (χ4n) is 5.48. The molecule has 4 N–H and O–H groups in total. The molecule has 2 heterocycles. The lowest BCUT2D eigenvalue weighted by molar-refractivity contribution is 1.13. The molecular formula is C32H24N4. The molecule has 7 aromatic rings. The van der Waals surface area contributed by atoms with Crippen molar-refractivity contribution in [1.29, 1.82) is 0 Å². The predicted molar refractivity (Wildman–Crippen MR) is 151 cm³/mol. The lowest BCUT2D eigenvalue weighted by Gasteiger charge is -2.12. The van der Waals surface area contributed by atoms with Crippen LogP contribution >= 0.6 is 0 Å². The van der Waals surface area contributed by atoms with E-state index in [1.54, 1.807) is 6.20 Å². The molecule has 0 saturated heterocycles. The molecule has 0 aliphatic heterocycles. The first kappa shape index (κ1) is 20.4. The Kier molecular flexibility index (Phi) is 4.42. The normalized spacial score (nSPS) is 13.3. The lowest BCUT2D eigenvalue weighted by atomic mass is 10.0. The highest BCUT2D eigenvalue weighted by atomic mass is 15.1. The molecule has 4 heteroatoms. The molecule has 0 fully saturated rings. The van der Waals surface area contributed by atoms with Crippen molar-refractivity contribution in [3.05, 3.63) is 126 Å². The van der Waals surface area contributed by atoms with Gasteiger partial charge in [0, 0.05) is 50.1 Å². The van der Waals surface area contributed by atoms with Crippen LogP contribution in [0.2, 0.25) is 0 Å². The molecule has 2 aromatic heterocycles. The van der Waals surface area contributed by atoms with E-state index in [2.05, 4.69) is 94.2 Å². The van der Waals surface area contributed by atoms with Crippen LogP contribution in [0.3, 0.4) is 0 Å². The number of hydrogen-bond acceptors (Lipinski definition) is 2. The van der Waals surface area contributed by atoms with E-state index in [0.717, 1.165) is 38.1 Å². The summed E-state index contributed by atoms with van der Waals surface area (Å²) >= 11 is 0. The van der Waals surface area contributed by atoms with E-state index in [1.165, 1.54) is 21.5 Å². The highest BCUT2D eigenvalue weighted by Crippen LogP contribution is 2.37. The third kappa shape index (κ3) is 2.88. The summed E-state index contributed by atoms with van der Waals surface area (Å²) in [7, 11) is 0. The third-order valence-corrected chi connectivity index (χ3v) is 7.15. The van der Waals surface area contributed by atoms with Gasteiger partial charge >= 0.3 is 0 Å². The Bertz CT molecular complexity index is 2060. The van der Waals surface area contributed by atoms with E-state index in [9.17, 15) is 0 Å². The van der Waals surface area contributed by atoms with Gasteiger partial charge in [0.15, 0.2) is 0 Å². The predicted octanol–water partition coefficient (Wildman–Crippen LogP) is 5.16. The van der Waals surface area contributed by atoms with Gasteiger partial charge in [-0.2, -0.15) is 0 Å². The van der Waals surface area contributed by atoms with Crippen LogP contribution < -0.4 is 21.9 Å². The van der Waals surface area contributed by atoms with Gasteiger partial charge in [0.1, 0.15) is 5.82 Å². The summed E-state index contributed by atoms with van der Waals surface area (Å²) in [4.78, 5) is 0. The number of nitrogens with zero attached hydrogens (tertiary/aromatic N) is 2. The van der Waals surface area contributed by atoms with Crippen molar-refractivity contribution in [3.63, 3.8) is 0 Å². The van der Waals surface area contributed by atoms with Crippen LogP contribution in [0.1, 0.15) is 0 Å². The zero-order valence-corrected chi connectivity index (χ0v) is 19.6. The molecule has 0 bridgehead atoms. The van der Waals surface area contributed by atoms with Gasteiger partial charge in [0.05, 0.1) is 16.6 Å². The van der Waals surface area contributed by atoms with Crippen LogP contribution in [0, 0.1) is 0 Å². The van der Waals surface area contributed by atoms with E-state index >= 15 is 0 Å². The minimum Gasteiger partial charge on any atom is -0.404 e. The van der Waals surface area contributed by atoms with Gasteiger partial charge in [-0.15, -0.1) is 0 Å². The molecule has 0 saturated carbocycles. The molecule has 0 amide bonds. The second-order valence-electron chi connectivity index (χ2n) is 9.11. The third-order valence-electron chi connectivity index (χ3n) is 7.15. The second kappa shape index (κ2) is 7.79. The van der Waals surface area contributed by atoms with Crippen molar-refractivity contribution in [1.82, 2.24) is 9.13 Å². The van der Waals surface area contributed by atoms with Crippen LogP contribution in [0.4, 0.5) is 0 Å². The minimum absolute atomic E-state index is 0.657. The average Bonchev–Trinajstić information content (AvgIpc) is 3.51. The Morgan fingerprint density at radius 2 is 1.42 bits per heavy atom. The Labute approximate surface area is 207 Å². The van der Waals surface area contributed by atoms with E-state index in [1.807, 2.05) is 30.3 Å². The number of aromatic nitrogens is 2. The van der Waals surface area contributed by atoms with Gasteiger partial charge in [0.2, 0.25) is 0 Å². The zero-order valence-electron chi connectivity index (χ0n) is 19.6. The van der Waals surface area contributed by atoms with Crippen LogP contribution in [-0.4, -0.2) is 9.13 Å². The first-order chi connectivity index (χ1) is 17.7. The molecule has 0 atom stereocenters. The molecule has 172 valence electrons. The summed E-state index contributed by atoms with van der Waals surface area (Å²) in [5, 5.41) is 7.70. The zero-order chi connectivity index (χ0) is 24.2. The van der Waals surface area contributed by atoms with E-state index < -0.39 is 0 Å². The van der Waals surface area contributed by atoms with E-state index in [4.69, 9.17) is 11.5 Å². The smallest absolute Gasteiger partial charge is 0.116 e. The quantitative estimate of drug-likeness (QED) is 0.371. The number of fused-ring (bicyclic) bond motifs is 6. The molecule has 0 aliphatic carbocycles. The SMILES string of the molecule is N/C=c1/cccc/c1=C(/N)n1c2ccccc2c2ccc3cc4ccn(-c5ccccc5)c4cc3c21. The summed E-state index contributed by atoms with van der Waals surface area (Å²) in [5.41, 5.74) is 17.4. The molecule has 0 unspecified atom stereocenters. The van der Waals surface area contributed by atoms with E-state index in [0.29, 0.717) is 5.82 Å². The van der Waals surface area contributed by atoms with Crippen LogP contribution in [0.25, 0.3) is 61.2 Å². The largest absolute Gasteiger partial charge is 0.404 e. The summed E-state index contributed by atoms with van der Waals surface area (Å²) in [6.45, 7) is 0. The van der Waals surface area contributed by atoms with Crippen molar-refractivity contribution in [2.45, 2.75) is 0 Å². The summed E-state index contributed by atoms with van der Waals surface area (Å²) in [5.74, 6) is 0.657. The maximum atomic E-state index is 6.97. The number of benzene rings is 5. The first-order valence-electron chi connectivity index (χ1n) is 12.0. The van der Waals surface area contributed by atoms with Gasteiger partial charge in [-0.3, -0.25) is 4.57 Å². The first-order valence-corrected chi connectivity index (χ1v) is 12.0. The maximum absolute atomic E-state index is 6.97. The van der Waals surface area contributed by atoms with Gasteiger partial charge in [-0.1, -0.05) is 72.8 Å². The molecule has 36 heavy (non-hydrogen) atoms. The van der Waals surface area contributed by atoms with Gasteiger partial charge in [0.25, 0.3) is 0 Å². The Morgan fingerprint density at radius 3 is 2.28 bits per heavy atom. The number of nitrogens with two attached hydrogens (primary N) is 2. The number of rotatable bonds is 2. The number of hydrogen-bond donors (Lipinski definition) is 2. The molecule has 0 radical (unpaired) electrons. The van der Waals surface area contributed by atoms with Crippen molar-refractivity contribution in [3.8, 4) is 5.69 Å². The second-order valence-corrected chi connectivity index (χ2v) is 9.11. The standard InChI is InChI=1S/C32H24N4/c33-20-23-8-4-5-11-25(23)32(34)36-29-13-7-6-12-26(29)27-15-14-21-18-22-16-17-35(24-9-2-1-3-10-24)30(22)19-28(21)31(27)36/h1-20H,33-34H2/b23-20-,32-25+. The maximum Gasteiger partial charge on any atom is 0.116 e. The Hall–Kier alpha value is -4.96. The molecule has 0 aliphatic rings. The topological polar surface area (TPSA) is 61.9 Å². The Balaban J connectivity index is 1.68. The molecule has 5 aromatic carbocycles. The van der Waals surface area contributed by atoms with Crippen molar-refractivity contribution in [2.24, 2.45) is 11.5 Å². The van der Waals surface area contributed by atoms with Crippen LogP contribution in [0.15, 0.2) is 115 Å². The fraction of sp³-hybridized carbons (Fsp3) is 0. The van der Waals surface area contributed by atoms with Crippen LogP contribution in [-0.2, 0) is 0 Å². The highest BCUT2D eigenvalue weighted by Gasteiger charge is 2.16. The highest BCUT2D eigenvalue weighted by molar-refractivity contribution is 6.20. The molecular weight excluding hydrogens is 440 g/mol. The Morgan fingerprint density at radius 1 is 0.639 bits per heavy atom. The van der Waals surface area contributed by atoms with Crippen molar-refractivity contribution in [2.75, 3.05) is 0 Å². The van der Waals surface area contributed by atoms with Gasteiger partial charge in [-0.05, 0) is 41.8 Å². The molecule has 7 rings (SSSR count). The minimum atomic E-state index is 0.657. The average molecular weight is 465 g/mol. The molecule has 4 nitrogen and oxygen atoms in total. The lowest BCUT2D eigenvalue weighted by Crippen LogP contribution is -2.33. The fourth-order valence-corrected chi connectivity index (χ4v) is 5.48. The molecule has 0 spiro atoms. The summed E-state index contributed by atoms with van der Waals surface area (Å²) in [6, 6.07) is 38.0. The van der Waals surface area contributed by atoms with Crippen molar-refractivity contribution < 1.29 is 0 Å².